The van der Waals surface area contributed by atoms with Gasteiger partial charge in [0.2, 0.25) is 0 Å². The average molecular weight is 435 g/mol. The Labute approximate surface area is 188 Å². The van der Waals surface area contributed by atoms with E-state index in [-0.39, 0.29) is 6.10 Å². The van der Waals surface area contributed by atoms with E-state index in [0.29, 0.717) is 25.7 Å². The topological polar surface area (TPSA) is 67.4 Å². The summed E-state index contributed by atoms with van der Waals surface area (Å²) in [4.78, 5) is 7.28. The molecule has 0 bridgehead atoms. The summed E-state index contributed by atoms with van der Waals surface area (Å²) in [6.45, 7) is 16.0. The van der Waals surface area contributed by atoms with E-state index >= 15 is 0 Å². The second-order valence-electron chi connectivity index (χ2n) is 8.53. The van der Waals surface area contributed by atoms with Crippen molar-refractivity contribution in [2.24, 2.45) is 10.9 Å². The van der Waals surface area contributed by atoms with E-state index in [2.05, 4.69) is 61.4 Å². The Bertz CT molecular complexity index is 666. The highest BCUT2D eigenvalue weighted by Crippen LogP contribution is 2.21. The molecule has 1 heterocycles. The van der Waals surface area contributed by atoms with Gasteiger partial charge in [0.15, 0.2) is 5.96 Å². The molecule has 176 valence electrons. The molecule has 31 heavy (non-hydrogen) atoms. The zero-order valence-electron chi connectivity index (χ0n) is 20.1. The largest absolute Gasteiger partial charge is 0.493 e. The number of guanidine groups is 1. The number of aliphatic imine (C=N–C) groups is 1. The van der Waals surface area contributed by atoms with Crippen molar-refractivity contribution in [2.75, 3.05) is 59.7 Å². The molecule has 7 nitrogen and oxygen atoms in total. The molecular formula is C24H42N4O3. The number of nitrogens with one attached hydrogen (secondary N) is 2. The predicted octanol–water partition coefficient (Wildman–Crippen LogP) is 2.82. The summed E-state index contributed by atoms with van der Waals surface area (Å²) in [5.41, 5.74) is 2.26. The number of aryl methyl sites for hydroxylation is 1. The highest BCUT2D eigenvalue weighted by molar-refractivity contribution is 5.79. The van der Waals surface area contributed by atoms with Crippen molar-refractivity contribution < 1.29 is 14.2 Å². The molecule has 1 aliphatic heterocycles. The van der Waals surface area contributed by atoms with Gasteiger partial charge < -0.3 is 24.8 Å². The lowest BCUT2D eigenvalue weighted by molar-refractivity contribution is -0.0284. The van der Waals surface area contributed by atoms with E-state index in [4.69, 9.17) is 19.2 Å². The minimum Gasteiger partial charge on any atom is -0.493 e. The molecule has 1 aromatic carbocycles. The second kappa shape index (κ2) is 14.3. The molecule has 1 aliphatic rings. The number of nitrogens with zero attached hydrogens (tertiary/aromatic N) is 2. The van der Waals surface area contributed by atoms with Crippen molar-refractivity contribution in [3.05, 3.63) is 29.3 Å². The third-order valence-electron chi connectivity index (χ3n) is 5.07. The van der Waals surface area contributed by atoms with Crippen LogP contribution in [0, 0.1) is 12.8 Å². The number of hydrogen-bond donors (Lipinski definition) is 2. The van der Waals surface area contributed by atoms with Crippen LogP contribution in [0.5, 0.6) is 5.75 Å². The zero-order valence-corrected chi connectivity index (χ0v) is 20.1. The summed E-state index contributed by atoms with van der Waals surface area (Å²) < 4.78 is 17.1. The van der Waals surface area contributed by atoms with Crippen molar-refractivity contribution in [3.8, 4) is 5.75 Å². The van der Waals surface area contributed by atoms with Gasteiger partial charge in [-0.1, -0.05) is 26.0 Å². The normalized spacial score (nSPS) is 17.7. The minimum absolute atomic E-state index is 0.176. The van der Waals surface area contributed by atoms with Crippen molar-refractivity contribution in [1.82, 2.24) is 15.5 Å². The molecule has 0 aromatic heterocycles. The van der Waals surface area contributed by atoms with Gasteiger partial charge in [0, 0.05) is 58.4 Å². The lowest BCUT2D eigenvalue weighted by atomic mass is 10.1. The van der Waals surface area contributed by atoms with Crippen LogP contribution in [0.1, 0.15) is 38.3 Å². The lowest BCUT2D eigenvalue weighted by Crippen LogP contribution is -2.50. The first kappa shape index (κ1) is 25.4. The molecule has 2 rings (SSSR count). The van der Waals surface area contributed by atoms with Gasteiger partial charge in [-0.05, 0) is 31.4 Å². The molecule has 0 spiro atoms. The maximum Gasteiger partial charge on any atom is 0.191 e. The first-order valence-corrected chi connectivity index (χ1v) is 11.6. The molecule has 2 N–H and O–H groups in total. The summed E-state index contributed by atoms with van der Waals surface area (Å²) >= 11 is 0. The first-order valence-electron chi connectivity index (χ1n) is 11.6. The fourth-order valence-corrected chi connectivity index (χ4v) is 3.61. The Balaban J connectivity index is 1.93. The molecule has 7 heteroatoms. The summed E-state index contributed by atoms with van der Waals surface area (Å²) in [5.74, 6) is 2.37. The van der Waals surface area contributed by atoms with Gasteiger partial charge in [-0.3, -0.25) is 4.90 Å². The van der Waals surface area contributed by atoms with Crippen molar-refractivity contribution in [1.29, 1.82) is 0 Å². The Morgan fingerprint density at radius 2 is 2.13 bits per heavy atom. The Kier molecular flexibility index (Phi) is 11.7. The molecule has 1 aromatic rings. The molecular weight excluding hydrogens is 392 g/mol. The van der Waals surface area contributed by atoms with Crippen LogP contribution < -0.4 is 15.4 Å². The highest BCUT2D eigenvalue weighted by atomic mass is 16.5. The molecule has 0 radical (unpaired) electrons. The van der Waals surface area contributed by atoms with Crippen LogP contribution >= 0.6 is 0 Å². The van der Waals surface area contributed by atoms with Crippen molar-refractivity contribution in [3.63, 3.8) is 0 Å². The molecule has 0 amide bonds. The van der Waals surface area contributed by atoms with Gasteiger partial charge in [0.05, 0.1) is 25.9 Å². The second-order valence-corrected chi connectivity index (χ2v) is 8.53. The Hall–Kier alpha value is -1.83. The van der Waals surface area contributed by atoms with E-state index in [1.807, 2.05) is 0 Å². The van der Waals surface area contributed by atoms with Crippen LogP contribution in [0.25, 0.3) is 0 Å². The molecule has 0 saturated carbocycles. The van der Waals surface area contributed by atoms with E-state index in [1.54, 1.807) is 7.11 Å². The van der Waals surface area contributed by atoms with E-state index in [1.165, 1.54) is 5.56 Å². The summed E-state index contributed by atoms with van der Waals surface area (Å²) in [6, 6.07) is 6.28. The Morgan fingerprint density at radius 1 is 1.29 bits per heavy atom. The van der Waals surface area contributed by atoms with Crippen LogP contribution in [0.4, 0.5) is 0 Å². The molecule has 1 saturated heterocycles. The lowest BCUT2D eigenvalue weighted by Gasteiger charge is -2.34. The SMILES string of the molecule is CCNC(=NCc1ccc(C)cc1OCCCOC)NCC1CN(CC(C)C)CCO1. The summed E-state index contributed by atoms with van der Waals surface area (Å²) in [6.07, 6.45) is 1.04. The standard InChI is InChI=1S/C24H42N4O3/c1-6-25-24(27-16-22-18-28(10-13-30-22)17-19(2)3)26-15-21-9-8-20(4)14-23(21)31-12-7-11-29-5/h8-9,14,19,22H,6-7,10-13,15-18H2,1-5H3,(H2,25,26,27). The van der Waals surface area contributed by atoms with Gasteiger partial charge in [-0.25, -0.2) is 4.99 Å². The van der Waals surface area contributed by atoms with E-state index in [9.17, 15) is 0 Å². The van der Waals surface area contributed by atoms with Crippen LogP contribution in [0.15, 0.2) is 23.2 Å². The monoisotopic (exact) mass is 434 g/mol. The molecule has 0 aliphatic carbocycles. The molecule has 1 atom stereocenters. The number of methoxy groups -OCH3 is 1. The van der Waals surface area contributed by atoms with Gasteiger partial charge >= 0.3 is 0 Å². The highest BCUT2D eigenvalue weighted by Gasteiger charge is 2.21. The summed E-state index contributed by atoms with van der Waals surface area (Å²) in [7, 11) is 1.71. The number of benzene rings is 1. The average Bonchev–Trinajstić information content (AvgIpc) is 2.74. The number of morpholine rings is 1. The maximum absolute atomic E-state index is 6.00. The number of ether oxygens (including phenoxy) is 3. The van der Waals surface area contributed by atoms with E-state index < -0.39 is 0 Å². The van der Waals surface area contributed by atoms with Crippen LogP contribution in [0.3, 0.4) is 0 Å². The predicted molar refractivity (Wildman–Crippen MR) is 127 cm³/mol. The Morgan fingerprint density at radius 3 is 2.87 bits per heavy atom. The molecule has 1 unspecified atom stereocenters. The quantitative estimate of drug-likeness (QED) is 0.300. The van der Waals surface area contributed by atoms with Crippen molar-refractivity contribution >= 4 is 5.96 Å². The minimum atomic E-state index is 0.176. The summed E-state index contributed by atoms with van der Waals surface area (Å²) in [5, 5.41) is 6.79. The zero-order chi connectivity index (χ0) is 22.5. The van der Waals surface area contributed by atoms with Gasteiger partial charge in [-0.2, -0.15) is 0 Å². The van der Waals surface area contributed by atoms with Crippen LogP contribution in [0.2, 0.25) is 0 Å². The third-order valence-corrected chi connectivity index (χ3v) is 5.07. The van der Waals surface area contributed by atoms with Gasteiger partial charge in [-0.15, -0.1) is 0 Å². The first-order chi connectivity index (χ1) is 15.0. The molecule has 1 fully saturated rings. The smallest absolute Gasteiger partial charge is 0.191 e. The number of hydrogen-bond acceptors (Lipinski definition) is 5. The van der Waals surface area contributed by atoms with Gasteiger partial charge in [0.1, 0.15) is 5.75 Å². The third kappa shape index (κ3) is 9.89. The maximum atomic E-state index is 6.00. The van der Waals surface area contributed by atoms with Crippen LogP contribution in [-0.2, 0) is 16.0 Å². The van der Waals surface area contributed by atoms with Gasteiger partial charge in [0.25, 0.3) is 0 Å². The fraction of sp³-hybridized carbons (Fsp3) is 0.708. The van der Waals surface area contributed by atoms with E-state index in [0.717, 1.165) is 63.0 Å². The van der Waals surface area contributed by atoms with Crippen molar-refractivity contribution in [2.45, 2.75) is 46.8 Å². The fourth-order valence-electron chi connectivity index (χ4n) is 3.61. The number of rotatable bonds is 12. The van der Waals surface area contributed by atoms with Crippen LogP contribution in [-0.4, -0.2) is 76.6 Å².